The van der Waals surface area contributed by atoms with E-state index >= 15 is 0 Å². The summed E-state index contributed by atoms with van der Waals surface area (Å²) in [6.07, 6.45) is 1.04. The molecule has 4 unspecified atom stereocenters. The zero-order valence-electron chi connectivity index (χ0n) is 11.3. The maximum absolute atomic E-state index is 12.4. The molecule has 0 aliphatic carbocycles. The van der Waals surface area contributed by atoms with Crippen molar-refractivity contribution in [3.8, 4) is 0 Å². The van der Waals surface area contributed by atoms with Gasteiger partial charge in [0.05, 0.1) is 5.92 Å². The van der Waals surface area contributed by atoms with E-state index in [2.05, 4.69) is 13.8 Å². The average Bonchev–Trinajstić information content (AvgIpc) is 2.81. The Kier molecular flexibility index (Phi) is 3.50. The highest BCUT2D eigenvalue weighted by Crippen LogP contribution is 2.28. The van der Waals surface area contributed by atoms with E-state index in [4.69, 9.17) is 5.11 Å². The second kappa shape index (κ2) is 4.78. The number of urea groups is 1. The molecule has 0 saturated carbocycles. The molecule has 2 fully saturated rings. The van der Waals surface area contributed by atoms with Crippen molar-refractivity contribution in [3.63, 3.8) is 0 Å². The van der Waals surface area contributed by atoms with Gasteiger partial charge in [-0.25, -0.2) is 4.79 Å². The van der Waals surface area contributed by atoms with Crippen LogP contribution in [0, 0.1) is 17.8 Å². The van der Waals surface area contributed by atoms with Crippen molar-refractivity contribution in [1.29, 1.82) is 0 Å². The van der Waals surface area contributed by atoms with Crippen molar-refractivity contribution in [2.75, 3.05) is 19.6 Å². The van der Waals surface area contributed by atoms with Crippen molar-refractivity contribution < 1.29 is 14.7 Å². The first kappa shape index (κ1) is 13.2. The molecular weight excluding hydrogens is 232 g/mol. The van der Waals surface area contributed by atoms with Crippen LogP contribution in [0.25, 0.3) is 0 Å². The van der Waals surface area contributed by atoms with E-state index in [-0.39, 0.29) is 18.0 Å². The number of carbonyl (C=O) groups is 2. The van der Waals surface area contributed by atoms with Crippen molar-refractivity contribution in [2.24, 2.45) is 17.8 Å². The van der Waals surface area contributed by atoms with Gasteiger partial charge in [-0.3, -0.25) is 4.79 Å². The number of carboxylic acids is 1. The van der Waals surface area contributed by atoms with Crippen molar-refractivity contribution in [3.05, 3.63) is 0 Å². The maximum Gasteiger partial charge on any atom is 0.320 e. The molecule has 1 N–H and O–H groups in total. The molecule has 2 saturated heterocycles. The lowest BCUT2D eigenvalue weighted by Gasteiger charge is -2.27. The normalized spacial score (nSPS) is 36.2. The van der Waals surface area contributed by atoms with E-state index < -0.39 is 11.9 Å². The molecule has 2 aliphatic heterocycles. The van der Waals surface area contributed by atoms with Crippen molar-refractivity contribution >= 4 is 12.0 Å². The third-order valence-electron chi connectivity index (χ3n) is 4.23. The van der Waals surface area contributed by atoms with Crippen LogP contribution in [0.4, 0.5) is 4.79 Å². The van der Waals surface area contributed by atoms with E-state index in [9.17, 15) is 9.59 Å². The van der Waals surface area contributed by atoms with Crippen molar-refractivity contribution in [2.45, 2.75) is 33.2 Å². The van der Waals surface area contributed by atoms with E-state index in [1.807, 2.05) is 11.8 Å². The Morgan fingerprint density at radius 1 is 1.11 bits per heavy atom. The minimum absolute atomic E-state index is 0.0162. The van der Waals surface area contributed by atoms with Gasteiger partial charge in [-0.2, -0.15) is 0 Å². The largest absolute Gasteiger partial charge is 0.481 e. The lowest BCUT2D eigenvalue weighted by Crippen LogP contribution is -2.44. The van der Waals surface area contributed by atoms with Gasteiger partial charge in [-0.1, -0.05) is 13.8 Å². The van der Waals surface area contributed by atoms with Gasteiger partial charge < -0.3 is 14.9 Å². The van der Waals surface area contributed by atoms with Crippen LogP contribution in [-0.4, -0.2) is 52.6 Å². The minimum Gasteiger partial charge on any atom is -0.481 e. The number of carbonyl (C=O) groups excluding carboxylic acids is 1. The molecule has 2 amide bonds. The van der Waals surface area contributed by atoms with Gasteiger partial charge in [0, 0.05) is 25.7 Å². The van der Waals surface area contributed by atoms with E-state index in [1.165, 1.54) is 0 Å². The summed E-state index contributed by atoms with van der Waals surface area (Å²) >= 11 is 0. The number of aliphatic carboxylic acids is 1. The lowest BCUT2D eigenvalue weighted by atomic mass is 9.99. The van der Waals surface area contributed by atoms with Crippen LogP contribution < -0.4 is 0 Å². The molecule has 0 aromatic carbocycles. The molecule has 0 aromatic heterocycles. The van der Waals surface area contributed by atoms with E-state index in [1.54, 1.807) is 4.90 Å². The summed E-state index contributed by atoms with van der Waals surface area (Å²) in [5, 5.41) is 9.09. The molecule has 5 heteroatoms. The summed E-state index contributed by atoms with van der Waals surface area (Å²) in [7, 11) is 0. The van der Waals surface area contributed by atoms with E-state index in [0.717, 1.165) is 13.0 Å². The Hall–Kier alpha value is -1.26. The van der Waals surface area contributed by atoms with Crippen LogP contribution >= 0.6 is 0 Å². The number of carboxylic acid groups (broad SMARTS) is 1. The van der Waals surface area contributed by atoms with Crippen LogP contribution in [0.15, 0.2) is 0 Å². The van der Waals surface area contributed by atoms with Crippen LogP contribution in [0.3, 0.4) is 0 Å². The highest BCUT2D eigenvalue weighted by atomic mass is 16.4. The molecule has 0 spiro atoms. The number of nitrogens with zero attached hydrogens (tertiary/aromatic N) is 2. The summed E-state index contributed by atoms with van der Waals surface area (Å²) < 4.78 is 0. The Bertz CT molecular complexity index is 358. The van der Waals surface area contributed by atoms with Crippen molar-refractivity contribution in [1.82, 2.24) is 9.80 Å². The van der Waals surface area contributed by atoms with E-state index in [0.29, 0.717) is 19.0 Å². The standard InChI is InChI=1S/C13H22N2O3/c1-8-4-10(3)15(5-8)13(18)14-6-9(2)11(7-14)12(16)17/h8-11H,4-7H2,1-3H3,(H,16,17). The van der Waals surface area contributed by atoms with Gasteiger partial charge >= 0.3 is 12.0 Å². The van der Waals surface area contributed by atoms with Crippen LogP contribution in [0.5, 0.6) is 0 Å². The van der Waals surface area contributed by atoms with Gasteiger partial charge in [0.2, 0.25) is 0 Å². The number of hydrogen-bond acceptors (Lipinski definition) is 2. The van der Waals surface area contributed by atoms with Gasteiger partial charge in [-0.15, -0.1) is 0 Å². The fourth-order valence-corrected chi connectivity index (χ4v) is 3.19. The second-order valence-corrected chi connectivity index (χ2v) is 5.95. The Labute approximate surface area is 108 Å². The molecular formula is C13H22N2O3. The fourth-order valence-electron chi connectivity index (χ4n) is 3.19. The maximum atomic E-state index is 12.4. The van der Waals surface area contributed by atoms with Gasteiger partial charge in [-0.05, 0) is 25.2 Å². The Balaban J connectivity index is 2.01. The van der Waals surface area contributed by atoms with Gasteiger partial charge in [0.15, 0.2) is 0 Å². The summed E-state index contributed by atoms with van der Waals surface area (Å²) in [4.78, 5) is 27.0. The summed E-state index contributed by atoms with van der Waals surface area (Å²) in [5.41, 5.74) is 0. The molecule has 5 nitrogen and oxygen atoms in total. The van der Waals surface area contributed by atoms with Gasteiger partial charge in [0.1, 0.15) is 0 Å². The first-order valence-corrected chi connectivity index (χ1v) is 6.68. The predicted molar refractivity (Wildman–Crippen MR) is 67.2 cm³/mol. The molecule has 2 heterocycles. The lowest BCUT2D eigenvalue weighted by molar-refractivity contribution is -0.142. The molecule has 0 radical (unpaired) electrons. The monoisotopic (exact) mass is 254 g/mol. The number of likely N-dealkylation sites (tertiary alicyclic amines) is 2. The smallest absolute Gasteiger partial charge is 0.320 e. The zero-order chi connectivity index (χ0) is 13.4. The molecule has 102 valence electrons. The molecule has 0 aromatic rings. The summed E-state index contributed by atoms with van der Waals surface area (Å²) in [5.74, 6) is -0.619. The minimum atomic E-state index is -0.791. The number of rotatable bonds is 1. The molecule has 2 aliphatic rings. The average molecular weight is 254 g/mol. The molecule has 2 rings (SSSR count). The highest BCUT2D eigenvalue weighted by Gasteiger charge is 2.40. The number of hydrogen-bond donors (Lipinski definition) is 1. The Morgan fingerprint density at radius 2 is 1.78 bits per heavy atom. The quantitative estimate of drug-likeness (QED) is 0.771. The van der Waals surface area contributed by atoms with Crippen LogP contribution in [0.1, 0.15) is 27.2 Å². The third-order valence-corrected chi connectivity index (χ3v) is 4.23. The van der Waals surface area contributed by atoms with Crippen LogP contribution in [0.2, 0.25) is 0 Å². The fraction of sp³-hybridized carbons (Fsp3) is 0.846. The first-order chi connectivity index (χ1) is 8.40. The summed E-state index contributed by atoms with van der Waals surface area (Å²) in [6, 6.07) is 0.286. The highest BCUT2D eigenvalue weighted by molar-refractivity contribution is 5.78. The second-order valence-electron chi connectivity index (χ2n) is 5.95. The third kappa shape index (κ3) is 2.31. The zero-order valence-corrected chi connectivity index (χ0v) is 11.3. The first-order valence-electron chi connectivity index (χ1n) is 6.68. The molecule has 18 heavy (non-hydrogen) atoms. The van der Waals surface area contributed by atoms with Crippen LogP contribution in [-0.2, 0) is 4.79 Å². The Morgan fingerprint density at radius 3 is 2.22 bits per heavy atom. The topological polar surface area (TPSA) is 60.9 Å². The predicted octanol–water partition coefficient (Wildman–Crippen LogP) is 1.49. The summed E-state index contributed by atoms with van der Waals surface area (Å²) in [6.45, 7) is 7.83. The molecule has 0 bridgehead atoms. The van der Waals surface area contributed by atoms with Gasteiger partial charge in [0.25, 0.3) is 0 Å². The molecule has 4 atom stereocenters. The number of amides is 2. The SMILES string of the molecule is CC1CC(C)N(C(=O)N2CC(C)C(C(=O)O)C2)C1.